The lowest BCUT2D eigenvalue weighted by molar-refractivity contribution is 0.0942. The zero-order valence-electron chi connectivity index (χ0n) is 11.8. The topological polar surface area (TPSA) is 98.7 Å². The predicted octanol–water partition coefficient (Wildman–Crippen LogP) is 0.593. The summed E-state index contributed by atoms with van der Waals surface area (Å²) in [6, 6.07) is 1.76. The van der Waals surface area contributed by atoms with E-state index < -0.39 is 0 Å². The molecule has 0 saturated carbocycles. The molecule has 0 saturated heterocycles. The highest BCUT2D eigenvalue weighted by Crippen LogP contribution is 2.16. The predicted molar refractivity (Wildman–Crippen MR) is 74.9 cm³/mol. The minimum absolute atomic E-state index is 0.256. The number of nitrogens with zero attached hydrogens (tertiary/aromatic N) is 4. The lowest BCUT2D eigenvalue weighted by Crippen LogP contribution is -2.26. The van der Waals surface area contributed by atoms with E-state index in [1.165, 1.54) is 4.68 Å². The Morgan fingerprint density at radius 1 is 1.50 bits per heavy atom. The lowest BCUT2D eigenvalue weighted by Gasteiger charge is -2.06. The highest BCUT2D eigenvalue weighted by molar-refractivity contribution is 5.97. The molecule has 0 radical (unpaired) electrons. The maximum Gasteiger partial charge on any atom is 0.272 e. The Morgan fingerprint density at radius 3 is 2.85 bits per heavy atom. The second kappa shape index (κ2) is 5.68. The number of amides is 1. The number of nitrogens with one attached hydrogen (secondary N) is 1. The van der Waals surface area contributed by atoms with Crippen LogP contribution in [0.3, 0.4) is 0 Å². The fraction of sp³-hybridized carbons (Fsp3) is 0.385. The summed E-state index contributed by atoms with van der Waals surface area (Å²) in [5.74, 6) is 0.415. The highest BCUT2D eigenvalue weighted by Gasteiger charge is 2.18. The molecule has 7 heteroatoms. The van der Waals surface area contributed by atoms with Crippen LogP contribution in [0.25, 0.3) is 0 Å². The first-order valence-electron chi connectivity index (χ1n) is 6.41. The molecular formula is C13H18N6O. The van der Waals surface area contributed by atoms with Crippen molar-refractivity contribution < 1.29 is 4.79 Å². The summed E-state index contributed by atoms with van der Waals surface area (Å²) in [6.45, 7) is 4.08. The van der Waals surface area contributed by atoms with E-state index in [1.54, 1.807) is 26.2 Å². The standard InChI is InChI=1S/C13H18N6O/c1-4-10-11(14)12(19(3)18-10)13(20)16-7-9-5-6-15-8(2)17-9/h5-6H,4,7,14H2,1-3H3,(H,16,20). The maximum atomic E-state index is 12.2. The number of hydrogen-bond acceptors (Lipinski definition) is 5. The van der Waals surface area contributed by atoms with Crippen molar-refractivity contribution in [1.29, 1.82) is 0 Å². The van der Waals surface area contributed by atoms with E-state index in [0.29, 0.717) is 30.2 Å². The van der Waals surface area contributed by atoms with E-state index in [9.17, 15) is 4.79 Å². The minimum atomic E-state index is -0.256. The van der Waals surface area contributed by atoms with Crippen LogP contribution in [-0.2, 0) is 20.0 Å². The second-order valence-corrected chi connectivity index (χ2v) is 4.46. The Kier molecular flexibility index (Phi) is 3.97. The number of anilines is 1. The maximum absolute atomic E-state index is 12.2. The van der Waals surface area contributed by atoms with Crippen molar-refractivity contribution in [3.8, 4) is 0 Å². The summed E-state index contributed by atoms with van der Waals surface area (Å²) in [7, 11) is 1.71. The van der Waals surface area contributed by atoms with Crippen molar-refractivity contribution in [1.82, 2.24) is 25.1 Å². The third-order valence-electron chi connectivity index (χ3n) is 2.97. The first kappa shape index (κ1) is 14.0. The van der Waals surface area contributed by atoms with Crippen LogP contribution in [0, 0.1) is 6.92 Å². The molecule has 2 heterocycles. The Labute approximate surface area is 117 Å². The van der Waals surface area contributed by atoms with Gasteiger partial charge < -0.3 is 11.1 Å². The van der Waals surface area contributed by atoms with Crippen LogP contribution in [0.2, 0.25) is 0 Å². The largest absolute Gasteiger partial charge is 0.395 e. The summed E-state index contributed by atoms with van der Waals surface area (Å²) in [4.78, 5) is 20.4. The van der Waals surface area contributed by atoms with Gasteiger partial charge in [-0.05, 0) is 19.4 Å². The van der Waals surface area contributed by atoms with Gasteiger partial charge in [-0.3, -0.25) is 9.48 Å². The molecule has 0 fully saturated rings. The number of aryl methyl sites for hydroxylation is 3. The van der Waals surface area contributed by atoms with E-state index in [-0.39, 0.29) is 5.91 Å². The molecule has 0 aliphatic heterocycles. The Hall–Kier alpha value is -2.44. The smallest absolute Gasteiger partial charge is 0.272 e. The van der Waals surface area contributed by atoms with Crippen molar-refractivity contribution in [2.24, 2.45) is 7.05 Å². The Balaban J connectivity index is 2.11. The van der Waals surface area contributed by atoms with Crippen molar-refractivity contribution in [2.75, 3.05) is 5.73 Å². The number of hydrogen-bond donors (Lipinski definition) is 2. The van der Waals surface area contributed by atoms with Gasteiger partial charge in [0.25, 0.3) is 5.91 Å². The minimum Gasteiger partial charge on any atom is -0.395 e. The van der Waals surface area contributed by atoms with Gasteiger partial charge in [-0.2, -0.15) is 5.10 Å². The zero-order chi connectivity index (χ0) is 14.7. The molecule has 7 nitrogen and oxygen atoms in total. The van der Waals surface area contributed by atoms with E-state index in [2.05, 4.69) is 20.4 Å². The average Bonchev–Trinajstić information content (AvgIpc) is 2.71. The van der Waals surface area contributed by atoms with Gasteiger partial charge in [0.1, 0.15) is 11.5 Å². The summed E-state index contributed by atoms with van der Waals surface area (Å²) in [5, 5.41) is 7.02. The summed E-state index contributed by atoms with van der Waals surface area (Å²) >= 11 is 0. The fourth-order valence-electron chi connectivity index (χ4n) is 1.98. The molecule has 0 aliphatic rings. The van der Waals surface area contributed by atoms with E-state index in [1.807, 2.05) is 6.92 Å². The Bertz CT molecular complexity index is 634. The van der Waals surface area contributed by atoms with Crippen LogP contribution in [0.15, 0.2) is 12.3 Å². The quantitative estimate of drug-likeness (QED) is 0.850. The van der Waals surface area contributed by atoms with E-state index >= 15 is 0 Å². The molecular weight excluding hydrogens is 256 g/mol. The van der Waals surface area contributed by atoms with Crippen LogP contribution in [0.4, 0.5) is 5.69 Å². The first-order chi connectivity index (χ1) is 9.52. The molecule has 20 heavy (non-hydrogen) atoms. The van der Waals surface area contributed by atoms with Crippen LogP contribution >= 0.6 is 0 Å². The van der Waals surface area contributed by atoms with Gasteiger partial charge in [0.15, 0.2) is 0 Å². The number of nitrogens with two attached hydrogens (primary N) is 1. The molecule has 106 valence electrons. The second-order valence-electron chi connectivity index (χ2n) is 4.46. The number of carbonyl (C=O) groups is 1. The lowest BCUT2D eigenvalue weighted by atomic mass is 10.2. The molecule has 0 unspecified atom stereocenters. The van der Waals surface area contributed by atoms with E-state index in [4.69, 9.17) is 5.73 Å². The third-order valence-corrected chi connectivity index (χ3v) is 2.97. The van der Waals surface area contributed by atoms with Crippen molar-refractivity contribution in [3.63, 3.8) is 0 Å². The zero-order valence-corrected chi connectivity index (χ0v) is 11.8. The highest BCUT2D eigenvalue weighted by atomic mass is 16.2. The average molecular weight is 274 g/mol. The summed E-state index contributed by atoms with van der Waals surface area (Å²) in [6.07, 6.45) is 2.36. The molecule has 2 aromatic rings. The molecule has 2 aromatic heterocycles. The Morgan fingerprint density at radius 2 is 2.25 bits per heavy atom. The third kappa shape index (κ3) is 2.76. The SMILES string of the molecule is CCc1nn(C)c(C(=O)NCc2ccnc(C)n2)c1N. The van der Waals surface area contributed by atoms with Crippen LogP contribution in [0.5, 0.6) is 0 Å². The number of carbonyl (C=O) groups excluding carboxylic acids is 1. The molecule has 3 N–H and O–H groups in total. The molecule has 0 aliphatic carbocycles. The number of rotatable bonds is 4. The van der Waals surface area contributed by atoms with Gasteiger partial charge in [-0.1, -0.05) is 6.92 Å². The molecule has 0 atom stereocenters. The van der Waals surface area contributed by atoms with Crippen LogP contribution in [-0.4, -0.2) is 25.7 Å². The molecule has 0 spiro atoms. The fourth-order valence-corrected chi connectivity index (χ4v) is 1.98. The van der Waals surface area contributed by atoms with Crippen molar-refractivity contribution >= 4 is 11.6 Å². The normalized spacial score (nSPS) is 10.6. The number of aromatic nitrogens is 4. The van der Waals surface area contributed by atoms with Crippen LogP contribution in [0.1, 0.15) is 34.6 Å². The molecule has 0 bridgehead atoms. The summed E-state index contributed by atoms with van der Waals surface area (Å²) < 4.78 is 1.51. The van der Waals surface area contributed by atoms with Gasteiger partial charge >= 0.3 is 0 Å². The van der Waals surface area contributed by atoms with E-state index in [0.717, 1.165) is 11.4 Å². The first-order valence-corrected chi connectivity index (χ1v) is 6.41. The molecule has 0 aromatic carbocycles. The molecule has 1 amide bonds. The van der Waals surface area contributed by atoms with Gasteiger partial charge in [0.05, 0.1) is 23.6 Å². The van der Waals surface area contributed by atoms with Crippen molar-refractivity contribution in [3.05, 3.63) is 35.2 Å². The van der Waals surface area contributed by atoms with Gasteiger partial charge in [0, 0.05) is 13.2 Å². The van der Waals surface area contributed by atoms with Gasteiger partial charge in [-0.15, -0.1) is 0 Å². The van der Waals surface area contributed by atoms with Crippen molar-refractivity contribution in [2.45, 2.75) is 26.8 Å². The van der Waals surface area contributed by atoms with Gasteiger partial charge in [0.2, 0.25) is 0 Å². The molecule has 2 rings (SSSR count). The van der Waals surface area contributed by atoms with Crippen LogP contribution < -0.4 is 11.1 Å². The van der Waals surface area contributed by atoms with Gasteiger partial charge in [-0.25, -0.2) is 9.97 Å². The summed E-state index contributed by atoms with van der Waals surface area (Å²) in [5.41, 5.74) is 8.24. The number of nitrogen functional groups attached to an aromatic ring is 1. The monoisotopic (exact) mass is 274 g/mol.